The van der Waals surface area contributed by atoms with Gasteiger partial charge in [-0.25, -0.2) is 0 Å². The average molecular weight is 188 g/mol. The van der Waals surface area contributed by atoms with Crippen molar-refractivity contribution in [3.63, 3.8) is 0 Å². The van der Waals surface area contributed by atoms with Crippen molar-refractivity contribution in [1.29, 1.82) is 0 Å². The van der Waals surface area contributed by atoms with Gasteiger partial charge in [-0.05, 0) is 25.0 Å². The van der Waals surface area contributed by atoms with Crippen molar-refractivity contribution in [2.75, 3.05) is 0 Å². The van der Waals surface area contributed by atoms with Crippen LogP contribution in [-0.2, 0) is 0 Å². The number of benzene rings is 1. The molecule has 0 bridgehead atoms. The molecule has 2 heteroatoms. The molecule has 0 saturated heterocycles. The molecule has 2 nitrogen and oxygen atoms in total. The molecule has 2 rings (SSSR count). The van der Waals surface area contributed by atoms with Crippen molar-refractivity contribution < 1.29 is 0 Å². The minimum atomic E-state index is -0.184. The summed E-state index contributed by atoms with van der Waals surface area (Å²) in [6, 6.07) is 8.22. The van der Waals surface area contributed by atoms with Crippen molar-refractivity contribution in [1.82, 2.24) is 0 Å². The summed E-state index contributed by atoms with van der Waals surface area (Å²) >= 11 is 0. The van der Waals surface area contributed by atoms with E-state index in [1.54, 1.807) is 0 Å². The fourth-order valence-electron chi connectivity index (χ4n) is 1.85. The van der Waals surface area contributed by atoms with Gasteiger partial charge in [0.25, 0.3) is 0 Å². The molecule has 2 N–H and O–H groups in total. The molecule has 2 unspecified atom stereocenters. The lowest BCUT2D eigenvalue weighted by molar-refractivity contribution is 0.431. The van der Waals surface area contributed by atoms with E-state index in [2.05, 4.69) is 24.9 Å². The highest BCUT2D eigenvalue weighted by Gasteiger charge is 2.32. The standard InChI is InChI=1S/C12H16N2/c1-3-12(2,13)10-8-14-11-7-5-4-6-9(10)11/h4-8,10H,3,13H2,1-2H3. The van der Waals surface area contributed by atoms with E-state index in [9.17, 15) is 0 Å². The molecular formula is C12H16N2. The third-order valence-electron chi connectivity index (χ3n) is 3.11. The highest BCUT2D eigenvalue weighted by Crippen LogP contribution is 2.38. The van der Waals surface area contributed by atoms with Crippen LogP contribution in [0.5, 0.6) is 0 Å². The molecule has 0 fully saturated rings. The lowest BCUT2D eigenvalue weighted by atomic mass is 9.81. The predicted molar refractivity (Wildman–Crippen MR) is 60.2 cm³/mol. The molecule has 0 saturated carbocycles. The van der Waals surface area contributed by atoms with Gasteiger partial charge in [-0.2, -0.15) is 0 Å². The molecule has 2 atom stereocenters. The molecule has 0 aliphatic carbocycles. The number of hydrogen-bond acceptors (Lipinski definition) is 2. The summed E-state index contributed by atoms with van der Waals surface area (Å²) < 4.78 is 0. The molecule has 0 amide bonds. The molecule has 14 heavy (non-hydrogen) atoms. The second kappa shape index (κ2) is 3.21. The van der Waals surface area contributed by atoms with Crippen LogP contribution in [0.4, 0.5) is 5.69 Å². The van der Waals surface area contributed by atoms with E-state index in [1.807, 2.05) is 24.4 Å². The Morgan fingerprint density at radius 2 is 2.14 bits per heavy atom. The van der Waals surface area contributed by atoms with E-state index >= 15 is 0 Å². The van der Waals surface area contributed by atoms with Gasteiger partial charge in [0.2, 0.25) is 0 Å². The summed E-state index contributed by atoms with van der Waals surface area (Å²) in [5, 5.41) is 0. The van der Waals surface area contributed by atoms with Crippen molar-refractivity contribution in [3.8, 4) is 0 Å². The van der Waals surface area contributed by atoms with Gasteiger partial charge in [-0.1, -0.05) is 25.1 Å². The van der Waals surface area contributed by atoms with Gasteiger partial charge in [0.15, 0.2) is 0 Å². The van der Waals surface area contributed by atoms with E-state index in [-0.39, 0.29) is 11.5 Å². The van der Waals surface area contributed by atoms with E-state index in [4.69, 9.17) is 5.73 Å². The van der Waals surface area contributed by atoms with E-state index in [0.29, 0.717) is 0 Å². The summed E-state index contributed by atoms with van der Waals surface area (Å²) in [5.41, 5.74) is 8.40. The Morgan fingerprint density at radius 1 is 1.43 bits per heavy atom. The lowest BCUT2D eigenvalue weighted by Crippen LogP contribution is -2.42. The number of aliphatic imine (C=N–C) groups is 1. The highest BCUT2D eigenvalue weighted by atomic mass is 14.8. The van der Waals surface area contributed by atoms with E-state index in [0.717, 1.165) is 12.1 Å². The number of para-hydroxylation sites is 1. The second-order valence-corrected chi connectivity index (χ2v) is 4.17. The molecule has 0 radical (unpaired) electrons. The molecule has 1 aromatic rings. The monoisotopic (exact) mass is 188 g/mol. The normalized spacial score (nSPS) is 23.2. The Bertz CT molecular complexity index is 366. The first-order valence-corrected chi connectivity index (χ1v) is 5.07. The zero-order valence-electron chi connectivity index (χ0n) is 8.70. The molecular weight excluding hydrogens is 172 g/mol. The van der Waals surface area contributed by atoms with Crippen LogP contribution < -0.4 is 5.73 Å². The molecule has 0 spiro atoms. The van der Waals surface area contributed by atoms with Gasteiger partial charge in [0, 0.05) is 17.7 Å². The van der Waals surface area contributed by atoms with Crippen LogP contribution in [0, 0.1) is 0 Å². The van der Waals surface area contributed by atoms with E-state index < -0.39 is 0 Å². The van der Waals surface area contributed by atoms with Gasteiger partial charge in [0.1, 0.15) is 0 Å². The zero-order valence-corrected chi connectivity index (χ0v) is 8.70. The average Bonchev–Trinajstić information content (AvgIpc) is 2.61. The predicted octanol–water partition coefficient (Wildman–Crippen LogP) is 2.61. The summed E-state index contributed by atoms with van der Waals surface area (Å²) in [5.74, 6) is 0.267. The van der Waals surface area contributed by atoms with Crippen LogP contribution in [0.1, 0.15) is 31.7 Å². The maximum Gasteiger partial charge on any atom is 0.0665 e. The van der Waals surface area contributed by atoms with Crippen LogP contribution >= 0.6 is 0 Å². The van der Waals surface area contributed by atoms with Crippen LogP contribution in [0.3, 0.4) is 0 Å². The fraction of sp³-hybridized carbons (Fsp3) is 0.417. The minimum absolute atomic E-state index is 0.184. The topological polar surface area (TPSA) is 38.4 Å². The van der Waals surface area contributed by atoms with Crippen molar-refractivity contribution in [2.24, 2.45) is 10.7 Å². The largest absolute Gasteiger partial charge is 0.324 e. The van der Waals surface area contributed by atoms with Gasteiger partial charge >= 0.3 is 0 Å². The quantitative estimate of drug-likeness (QED) is 0.761. The Hall–Kier alpha value is -1.15. The van der Waals surface area contributed by atoms with E-state index in [1.165, 1.54) is 5.56 Å². The van der Waals surface area contributed by atoms with Crippen LogP contribution in [0.25, 0.3) is 0 Å². The third-order valence-corrected chi connectivity index (χ3v) is 3.11. The number of nitrogens with zero attached hydrogens (tertiary/aromatic N) is 1. The number of nitrogens with two attached hydrogens (primary N) is 1. The Kier molecular flexibility index (Phi) is 2.16. The van der Waals surface area contributed by atoms with Crippen molar-refractivity contribution in [3.05, 3.63) is 29.8 Å². The summed E-state index contributed by atoms with van der Waals surface area (Å²) in [7, 11) is 0. The van der Waals surface area contributed by atoms with Crippen molar-refractivity contribution >= 4 is 11.9 Å². The molecule has 0 aromatic heterocycles. The van der Waals surface area contributed by atoms with Crippen molar-refractivity contribution in [2.45, 2.75) is 31.7 Å². The Labute approximate surface area is 84.9 Å². The Balaban J connectivity index is 2.40. The highest BCUT2D eigenvalue weighted by molar-refractivity contribution is 5.82. The second-order valence-electron chi connectivity index (χ2n) is 4.17. The van der Waals surface area contributed by atoms with Crippen LogP contribution in [0.15, 0.2) is 29.3 Å². The Morgan fingerprint density at radius 3 is 2.86 bits per heavy atom. The molecule has 74 valence electrons. The maximum atomic E-state index is 6.24. The number of rotatable bonds is 2. The number of fused-ring (bicyclic) bond motifs is 1. The molecule has 1 heterocycles. The first-order chi connectivity index (χ1) is 6.65. The maximum absolute atomic E-state index is 6.24. The lowest BCUT2D eigenvalue weighted by Gasteiger charge is -2.29. The molecule has 1 aliphatic rings. The van der Waals surface area contributed by atoms with Gasteiger partial charge < -0.3 is 5.73 Å². The van der Waals surface area contributed by atoms with Gasteiger partial charge in [-0.3, -0.25) is 4.99 Å². The molecule has 1 aliphatic heterocycles. The third kappa shape index (κ3) is 1.36. The summed E-state index contributed by atoms with van der Waals surface area (Å²) in [6.07, 6.45) is 2.94. The summed E-state index contributed by atoms with van der Waals surface area (Å²) in [6.45, 7) is 4.21. The van der Waals surface area contributed by atoms with Gasteiger partial charge in [-0.15, -0.1) is 0 Å². The number of hydrogen-bond donors (Lipinski definition) is 1. The molecule has 1 aromatic carbocycles. The smallest absolute Gasteiger partial charge is 0.0665 e. The van der Waals surface area contributed by atoms with Crippen LogP contribution in [0.2, 0.25) is 0 Å². The zero-order chi connectivity index (χ0) is 10.2. The van der Waals surface area contributed by atoms with Crippen LogP contribution in [-0.4, -0.2) is 11.8 Å². The minimum Gasteiger partial charge on any atom is -0.324 e. The SMILES string of the molecule is CCC(C)(N)C1C=Nc2ccccc21. The first-order valence-electron chi connectivity index (χ1n) is 5.07. The summed E-state index contributed by atoms with van der Waals surface area (Å²) in [4.78, 5) is 4.39. The fourth-order valence-corrected chi connectivity index (χ4v) is 1.85. The van der Waals surface area contributed by atoms with Gasteiger partial charge in [0.05, 0.1) is 5.69 Å². The first kappa shape index (κ1) is 9.41.